The van der Waals surface area contributed by atoms with Gasteiger partial charge in [-0.2, -0.15) is 0 Å². The van der Waals surface area contributed by atoms with Crippen LogP contribution in [0.3, 0.4) is 0 Å². The van der Waals surface area contributed by atoms with Crippen molar-refractivity contribution in [2.24, 2.45) is 0 Å². The molecule has 1 amide bonds. The van der Waals surface area contributed by atoms with Gasteiger partial charge < -0.3 is 10.4 Å². The van der Waals surface area contributed by atoms with Gasteiger partial charge in [-0.05, 0) is 32.0 Å². The summed E-state index contributed by atoms with van der Waals surface area (Å²) < 4.78 is 26.9. The number of anilines is 1. The van der Waals surface area contributed by atoms with E-state index in [9.17, 15) is 18.4 Å². The number of rotatable bonds is 7. The molecular formula is C14H18F2N2O3. The lowest BCUT2D eigenvalue weighted by Crippen LogP contribution is -2.45. The quantitative estimate of drug-likeness (QED) is 0.809. The molecule has 0 radical (unpaired) electrons. The molecule has 5 nitrogen and oxygen atoms in total. The molecule has 0 aliphatic rings. The maximum atomic E-state index is 13.5. The number of hydrogen-bond donors (Lipinski definition) is 2. The largest absolute Gasteiger partial charge is 0.480 e. The first-order valence-corrected chi connectivity index (χ1v) is 6.57. The van der Waals surface area contributed by atoms with Crippen LogP contribution in [0.25, 0.3) is 0 Å². The summed E-state index contributed by atoms with van der Waals surface area (Å²) in [5, 5.41) is 11.0. The van der Waals surface area contributed by atoms with Crippen LogP contribution >= 0.6 is 0 Å². The van der Waals surface area contributed by atoms with Gasteiger partial charge in [0.25, 0.3) is 0 Å². The van der Waals surface area contributed by atoms with Gasteiger partial charge in [-0.25, -0.2) is 8.78 Å². The number of aliphatic carboxylic acids is 1. The van der Waals surface area contributed by atoms with E-state index < -0.39 is 35.2 Å². The number of nitrogens with one attached hydrogen (secondary N) is 1. The Morgan fingerprint density at radius 2 is 1.90 bits per heavy atom. The minimum absolute atomic E-state index is 0.317. The predicted molar refractivity (Wildman–Crippen MR) is 73.9 cm³/mol. The zero-order chi connectivity index (χ0) is 16.0. The molecule has 0 bridgehead atoms. The van der Waals surface area contributed by atoms with Crippen LogP contribution in [0.4, 0.5) is 14.5 Å². The average Bonchev–Trinajstić information content (AvgIpc) is 2.41. The number of carbonyl (C=O) groups is 2. The fraction of sp³-hybridized carbons (Fsp3) is 0.429. The molecule has 0 saturated carbocycles. The van der Waals surface area contributed by atoms with Crippen LogP contribution in [-0.2, 0) is 9.59 Å². The fourth-order valence-corrected chi connectivity index (χ4v) is 1.88. The average molecular weight is 300 g/mol. The lowest BCUT2D eigenvalue weighted by atomic mass is 10.2. The molecule has 1 aromatic carbocycles. The second kappa shape index (κ2) is 7.68. The fourth-order valence-electron chi connectivity index (χ4n) is 1.88. The second-order valence-electron chi connectivity index (χ2n) is 4.63. The Morgan fingerprint density at radius 1 is 1.33 bits per heavy atom. The van der Waals surface area contributed by atoms with E-state index in [-0.39, 0.29) is 6.54 Å². The highest BCUT2D eigenvalue weighted by atomic mass is 19.1. The Morgan fingerprint density at radius 3 is 2.38 bits per heavy atom. The molecular weight excluding hydrogens is 282 g/mol. The number of nitrogens with zero attached hydrogens (tertiary/aromatic N) is 1. The molecule has 1 rings (SSSR count). The van der Waals surface area contributed by atoms with Crippen molar-refractivity contribution in [3.8, 4) is 0 Å². The number of halogens is 2. The van der Waals surface area contributed by atoms with Gasteiger partial charge in [-0.3, -0.25) is 14.5 Å². The predicted octanol–water partition coefficient (Wildman–Crippen LogP) is 2.09. The van der Waals surface area contributed by atoms with Gasteiger partial charge in [0.05, 0.1) is 12.6 Å². The monoisotopic (exact) mass is 300 g/mol. The molecule has 0 aliphatic heterocycles. The molecule has 0 heterocycles. The van der Waals surface area contributed by atoms with Crippen LogP contribution in [0.1, 0.15) is 20.3 Å². The summed E-state index contributed by atoms with van der Waals surface area (Å²) in [6.07, 6.45) is 0.652. The molecule has 0 fully saturated rings. The van der Waals surface area contributed by atoms with E-state index in [2.05, 4.69) is 5.32 Å². The van der Waals surface area contributed by atoms with Crippen molar-refractivity contribution in [2.45, 2.75) is 26.3 Å². The summed E-state index contributed by atoms with van der Waals surface area (Å²) in [7, 11) is 0. The lowest BCUT2D eigenvalue weighted by molar-refractivity contribution is -0.139. The third-order valence-electron chi connectivity index (χ3n) is 2.99. The Labute approximate surface area is 121 Å². The van der Waals surface area contributed by atoms with E-state index in [1.165, 1.54) is 17.9 Å². The molecule has 0 aliphatic carbocycles. The third-order valence-corrected chi connectivity index (χ3v) is 2.99. The highest BCUT2D eigenvalue weighted by molar-refractivity contribution is 5.95. The second-order valence-corrected chi connectivity index (χ2v) is 4.63. The minimum Gasteiger partial charge on any atom is -0.480 e. The normalized spacial score (nSPS) is 12.2. The van der Waals surface area contributed by atoms with Gasteiger partial charge in [0.15, 0.2) is 0 Å². The third kappa shape index (κ3) is 4.78. The zero-order valence-electron chi connectivity index (χ0n) is 11.9. The summed E-state index contributed by atoms with van der Waals surface area (Å²) in [5.41, 5.74) is -0.527. The van der Waals surface area contributed by atoms with Crippen LogP contribution in [0.2, 0.25) is 0 Å². The Bertz CT molecular complexity index is 503. The highest BCUT2D eigenvalue weighted by Crippen LogP contribution is 2.18. The molecule has 1 aromatic rings. The molecule has 116 valence electrons. The molecule has 7 heteroatoms. The van der Waals surface area contributed by atoms with Crippen molar-refractivity contribution in [3.05, 3.63) is 29.8 Å². The maximum Gasteiger partial charge on any atom is 0.317 e. The van der Waals surface area contributed by atoms with E-state index in [0.29, 0.717) is 13.0 Å². The van der Waals surface area contributed by atoms with E-state index in [0.717, 1.165) is 12.1 Å². The topological polar surface area (TPSA) is 69.6 Å². The Kier molecular flexibility index (Phi) is 6.23. The molecule has 1 atom stereocenters. The van der Waals surface area contributed by atoms with Crippen molar-refractivity contribution in [1.29, 1.82) is 0 Å². The number of carbonyl (C=O) groups excluding carboxylic acids is 1. The van der Waals surface area contributed by atoms with Crippen molar-refractivity contribution >= 4 is 17.6 Å². The van der Waals surface area contributed by atoms with E-state index in [4.69, 9.17) is 5.11 Å². The van der Waals surface area contributed by atoms with Gasteiger partial charge in [0, 0.05) is 0 Å². The SMILES string of the molecule is CCCN(CC(=O)O)C(C)C(=O)Nc1c(F)cccc1F. The summed E-state index contributed by atoms with van der Waals surface area (Å²) in [6.45, 7) is 3.41. The first-order chi connectivity index (χ1) is 9.86. The Hall–Kier alpha value is -2.02. The molecule has 1 unspecified atom stereocenters. The van der Waals surface area contributed by atoms with E-state index >= 15 is 0 Å². The van der Waals surface area contributed by atoms with Gasteiger partial charge in [0.2, 0.25) is 5.91 Å². The number of carboxylic acid groups (broad SMARTS) is 1. The number of para-hydroxylation sites is 1. The van der Waals surface area contributed by atoms with Crippen molar-refractivity contribution in [1.82, 2.24) is 4.90 Å². The summed E-state index contributed by atoms with van der Waals surface area (Å²) >= 11 is 0. The van der Waals surface area contributed by atoms with Crippen LogP contribution in [0, 0.1) is 11.6 Å². The number of hydrogen-bond acceptors (Lipinski definition) is 3. The summed E-state index contributed by atoms with van der Waals surface area (Å²) in [6, 6.07) is 2.44. The smallest absolute Gasteiger partial charge is 0.317 e. The van der Waals surface area contributed by atoms with Crippen molar-refractivity contribution in [3.63, 3.8) is 0 Å². The van der Waals surface area contributed by atoms with Crippen molar-refractivity contribution < 1.29 is 23.5 Å². The minimum atomic E-state index is -1.07. The Balaban J connectivity index is 2.83. The lowest BCUT2D eigenvalue weighted by Gasteiger charge is -2.26. The van der Waals surface area contributed by atoms with Crippen LogP contribution in [0.15, 0.2) is 18.2 Å². The van der Waals surface area contributed by atoms with Gasteiger partial charge in [-0.1, -0.05) is 13.0 Å². The number of benzene rings is 1. The van der Waals surface area contributed by atoms with Crippen LogP contribution < -0.4 is 5.32 Å². The standard InChI is InChI=1S/C14H18F2N2O3/c1-3-7-18(8-12(19)20)9(2)14(21)17-13-10(15)5-4-6-11(13)16/h4-6,9H,3,7-8H2,1-2H3,(H,17,21)(H,19,20). The summed E-state index contributed by atoms with van der Waals surface area (Å²) in [4.78, 5) is 24.2. The molecule has 0 spiro atoms. The molecule has 2 N–H and O–H groups in total. The molecule has 0 aromatic heterocycles. The van der Waals surface area contributed by atoms with Crippen LogP contribution in [0.5, 0.6) is 0 Å². The highest BCUT2D eigenvalue weighted by Gasteiger charge is 2.24. The molecule has 21 heavy (non-hydrogen) atoms. The maximum absolute atomic E-state index is 13.5. The first kappa shape index (κ1) is 17.0. The first-order valence-electron chi connectivity index (χ1n) is 6.57. The number of carboxylic acids is 1. The van der Waals surface area contributed by atoms with Crippen LogP contribution in [-0.4, -0.2) is 41.0 Å². The van der Waals surface area contributed by atoms with E-state index in [1.54, 1.807) is 0 Å². The number of amides is 1. The van der Waals surface area contributed by atoms with Gasteiger partial charge >= 0.3 is 5.97 Å². The zero-order valence-corrected chi connectivity index (χ0v) is 11.9. The van der Waals surface area contributed by atoms with E-state index in [1.807, 2.05) is 6.92 Å². The van der Waals surface area contributed by atoms with Gasteiger partial charge in [0.1, 0.15) is 17.3 Å². The summed E-state index contributed by atoms with van der Waals surface area (Å²) in [5.74, 6) is -3.49. The van der Waals surface area contributed by atoms with Gasteiger partial charge in [-0.15, -0.1) is 0 Å². The van der Waals surface area contributed by atoms with Crippen molar-refractivity contribution in [2.75, 3.05) is 18.4 Å². The molecule has 0 saturated heterocycles.